The third kappa shape index (κ3) is 4.02. The van der Waals surface area contributed by atoms with E-state index in [-0.39, 0.29) is 18.3 Å². The molecule has 3 aromatic carbocycles. The summed E-state index contributed by atoms with van der Waals surface area (Å²) in [6.45, 7) is 2.19. The van der Waals surface area contributed by atoms with Gasteiger partial charge in [0, 0.05) is 16.1 Å². The molecule has 4 rings (SSSR count). The lowest BCUT2D eigenvalue weighted by atomic mass is 9.94. The van der Waals surface area contributed by atoms with Crippen molar-refractivity contribution in [1.82, 2.24) is 0 Å². The van der Waals surface area contributed by atoms with Gasteiger partial charge in [0.1, 0.15) is 24.2 Å². The second-order valence-corrected chi connectivity index (χ2v) is 7.64. The Morgan fingerprint density at radius 2 is 1.80 bits per heavy atom. The minimum absolute atomic E-state index is 0.0351. The van der Waals surface area contributed by atoms with Crippen molar-refractivity contribution in [3.8, 4) is 11.5 Å². The van der Waals surface area contributed by atoms with Crippen LogP contribution >= 0.6 is 11.6 Å². The van der Waals surface area contributed by atoms with Gasteiger partial charge in [0.2, 0.25) is 5.91 Å². The maximum absolute atomic E-state index is 12.7. The quantitative estimate of drug-likeness (QED) is 0.626. The topological polar surface area (TPSA) is 78.6 Å². The van der Waals surface area contributed by atoms with Crippen LogP contribution in [0.2, 0.25) is 5.02 Å². The molecule has 6 heteroatoms. The minimum atomic E-state index is -0.468. The molecule has 0 aliphatic carbocycles. The summed E-state index contributed by atoms with van der Waals surface area (Å²) in [4.78, 5) is 23.9. The first-order valence-corrected chi connectivity index (χ1v) is 9.90. The Hall–Kier alpha value is -3.31. The predicted octanol–water partition coefficient (Wildman–Crippen LogP) is 5.03. The number of amides is 1. The van der Waals surface area contributed by atoms with Crippen LogP contribution in [0, 0.1) is 6.92 Å². The van der Waals surface area contributed by atoms with E-state index in [1.54, 1.807) is 48.5 Å². The van der Waals surface area contributed by atoms with Gasteiger partial charge in [-0.3, -0.25) is 9.59 Å². The van der Waals surface area contributed by atoms with Gasteiger partial charge in [0.25, 0.3) is 0 Å². The number of hydrogen-bond donors (Lipinski definition) is 1. The second kappa shape index (κ2) is 8.20. The van der Waals surface area contributed by atoms with Gasteiger partial charge in [-0.25, -0.2) is 0 Å². The van der Waals surface area contributed by atoms with Crippen LogP contribution < -0.4 is 15.2 Å². The first-order valence-electron chi connectivity index (χ1n) is 9.53. The van der Waals surface area contributed by atoms with E-state index in [2.05, 4.69) is 0 Å². The fourth-order valence-corrected chi connectivity index (χ4v) is 3.58. The summed E-state index contributed by atoms with van der Waals surface area (Å²) < 4.78 is 12.2. The second-order valence-electron chi connectivity index (χ2n) is 7.20. The van der Waals surface area contributed by atoms with Gasteiger partial charge in [-0.15, -0.1) is 0 Å². The summed E-state index contributed by atoms with van der Waals surface area (Å²) in [5, 5.41) is 0.636. The highest BCUT2D eigenvalue weighted by molar-refractivity contribution is 6.30. The summed E-state index contributed by atoms with van der Waals surface area (Å²) in [7, 11) is 0. The molecule has 3 aromatic rings. The van der Waals surface area contributed by atoms with Crippen LogP contribution in [-0.4, -0.2) is 11.7 Å². The number of rotatable bonds is 5. The van der Waals surface area contributed by atoms with Crippen LogP contribution in [0.4, 0.5) is 0 Å². The minimum Gasteiger partial charge on any atom is -0.488 e. The zero-order valence-corrected chi connectivity index (χ0v) is 17.1. The van der Waals surface area contributed by atoms with E-state index >= 15 is 0 Å². The smallest absolute Gasteiger partial charge is 0.248 e. The van der Waals surface area contributed by atoms with Crippen LogP contribution in [0.15, 0.2) is 60.7 Å². The average Bonchev–Trinajstić information content (AvgIpc) is 2.74. The fraction of sp³-hybridized carbons (Fsp3) is 0.167. The molecule has 0 fully saturated rings. The molecule has 1 heterocycles. The molecule has 30 heavy (non-hydrogen) atoms. The van der Waals surface area contributed by atoms with Gasteiger partial charge in [0.05, 0.1) is 12.0 Å². The third-order valence-corrected chi connectivity index (χ3v) is 5.41. The molecule has 1 amide bonds. The summed E-state index contributed by atoms with van der Waals surface area (Å²) in [6, 6.07) is 17.8. The fourth-order valence-electron chi connectivity index (χ4n) is 3.45. The molecule has 5 nitrogen and oxygen atoms in total. The number of primary amides is 1. The normalized spacial score (nSPS) is 15.3. The van der Waals surface area contributed by atoms with E-state index in [1.807, 2.05) is 19.1 Å². The summed E-state index contributed by atoms with van der Waals surface area (Å²) >= 11 is 5.97. The molecule has 1 atom stereocenters. The molecule has 1 aliphatic heterocycles. The molecule has 0 aromatic heterocycles. The Kier molecular flexibility index (Phi) is 5.46. The van der Waals surface area contributed by atoms with Crippen molar-refractivity contribution in [1.29, 1.82) is 0 Å². The zero-order chi connectivity index (χ0) is 21.3. The monoisotopic (exact) mass is 421 g/mol. The Bertz CT molecular complexity index is 1110. The highest BCUT2D eigenvalue weighted by atomic mass is 35.5. The number of ether oxygens (including phenoxy) is 2. The first-order chi connectivity index (χ1) is 14.4. The molecular formula is C24H20ClNO4. The zero-order valence-electron chi connectivity index (χ0n) is 16.4. The number of halogens is 1. The molecule has 1 unspecified atom stereocenters. The van der Waals surface area contributed by atoms with Crippen molar-refractivity contribution in [2.75, 3.05) is 0 Å². The largest absolute Gasteiger partial charge is 0.488 e. The highest BCUT2D eigenvalue weighted by Gasteiger charge is 2.30. The molecule has 0 radical (unpaired) electrons. The standard InChI is InChI=1S/C24H20ClNO4/c1-14-21(29-13-15-2-4-17(5-3-15)24(26)28)11-10-19-20(27)12-22(30-23(14)19)16-6-8-18(25)9-7-16/h2-11,22H,12-13H2,1H3,(H2,26,28). The van der Waals surface area contributed by atoms with Gasteiger partial charge < -0.3 is 15.2 Å². The van der Waals surface area contributed by atoms with Crippen LogP contribution in [0.3, 0.4) is 0 Å². The van der Waals surface area contributed by atoms with Crippen molar-refractivity contribution in [3.05, 3.63) is 93.5 Å². The number of nitrogens with two attached hydrogens (primary N) is 1. The predicted molar refractivity (Wildman–Crippen MR) is 114 cm³/mol. The van der Waals surface area contributed by atoms with E-state index in [4.69, 9.17) is 26.8 Å². The molecule has 152 valence electrons. The van der Waals surface area contributed by atoms with Crippen molar-refractivity contribution < 1.29 is 19.1 Å². The van der Waals surface area contributed by atoms with E-state index in [0.29, 0.717) is 34.3 Å². The van der Waals surface area contributed by atoms with Crippen molar-refractivity contribution >= 4 is 23.3 Å². The highest BCUT2D eigenvalue weighted by Crippen LogP contribution is 2.40. The van der Waals surface area contributed by atoms with Crippen LogP contribution in [0.5, 0.6) is 11.5 Å². The lowest BCUT2D eigenvalue weighted by Gasteiger charge is -2.27. The van der Waals surface area contributed by atoms with Crippen molar-refractivity contribution in [2.24, 2.45) is 5.73 Å². The molecule has 0 saturated carbocycles. The Labute approximate surface area is 179 Å². The van der Waals surface area contributed by atoms with E-state index in [1.165, 1.54) is 0 Å². The number of Topliss-reactive ketones (excluding diaryl/α,β-unsaturated/α-hetero) is 1. The number of carbonyl (C=O) groups is 2. The number of benzene rings is 3. The average molecular weight is 422 g/mol. The summed E-state index contributed by atoms with van der Waals surface area (Å²) in [6.07, 6.45) is -0.0851. The Balaban J connectivity index is 1.54. The van der Waals surface area contributed by atoms with Gasteiger partial charge in [-0.1, -0.05) is 35.9 Å². The van der Waals surface area contributed by atoms with Crippen LogP contribution in [-0.2, 0) is 6.61 Å². The molecule has 1 aliphatic rings. The summed E-state index contributed by atoms with van der Waals surface area (Å²) in [5.74, 6) is 0.753. The van der Waals surface area contributed by atoms with E-state index < -0.39 is 5.91 Å². The maximum atomic E-state index is 12.7. The summed E-state index contributed by atoms with van der Waals surface area (Å²) in [5.41, 5.74) is 8.85. The lowest BCUT2D eigenvalue weighted by molar-refractivity contribution is 0.0846. The number of ketones is 1. The van der Waals surface area contributed by atoms with Crippen LogP contribution in [0.1, 0.15) is 49.9 Å². The van der Waals surface area contributed by atoms with Gasteiger partial charge in [-0.2, -0.15) is 0 Å². The lowest BCUT2D eigenvalue weighted by Crippen LogP contribution is -2.21. The molecule has 0 bridgehead atoms. The van der Waals surface area contributed by atoms with Gasteiger partial charge in [-0.05, 0) is 54.4 Å². The van der Waals surface area contributed by atoms with E-state index in [9.17, 15) is 9.59 Å². The first kappa shape index (κ1) is 20.0. The molecule has 0 saturated heterocycles. The molecule has 2 N–H and O–H groups in total. The third-order valence-electron chi connectivity index (χ3n) is 5.16. The molecular weight excluding hydrogens is 402 g/mol. The number of carbonyl (C=O) groups excluding carboxylic acids is 2. The molecule has 0 spiro atoms. The number of fused-ring (bicyclic) bond motifs is 1. The Morgan fingerprint density at radius 3 is 2.47 bits per heavy atom. The van der Waals surface area contributed by atoms with E-state index in [0.717, 1.165) is 16.7 Å². The van der Waals surface area contributed by atoms with Gasteiger partial charge in [0.15, 0.2) is 5.78 Å². The van der Waals surface area contributed by atoms with Crippen LogP contribution in [0.25, 0.3) is 0 Å². The SMILES string of the molecule is Cc1c(OCc2ccc(C(N)=O)cc2)ccc2c1OC(c1ccc(Cl)cc1)CC2=O. The number of hydrogen-bond acceptors (Lipinski definition) is 4. The van der Waals surface area contributed by atoms with Crippen molar-refractivity contribution in [2.45, 2.75) is 26.1 Å². The van der Waals surface area contributed by atoms with Gasteiger partial charge >= 0.3 is 0 Å². The maximum Gasteiger partial charge on any atom is 0.248 e. The van der Waals surface area contributed by atoms with Crippen molar-refractivity contribution in [3.63, 3.8) is 0 Å². The Morgan fingerprint density at radius 1 is 1.10 bits per heavy atom.